The Morgan fingerprint density at radius 3 is 2.77 bits per heavy atom. The number of benzene rings is 1. The van der Waals surface area contributed by atoms with Crippen molar-refractivity contribution in [3.05, 3.63) is 47.8 Å². The second kappa shape index (κ2) is 9.68. The Labute approximate surface area is 227 Å². The van der Waals surface area contributed by atoms with Gasteiger partial charge in [-0.15, -0.1) is 0 Å². The Hall–Kier alpha value is -3.92. The van der Waals surface area contributed by atoms with Gasteiger partial charge >= 0.3 is 0 Å². The first-order valence-electron chi connectivity index (χ1n) is 13.9. The maximum Gasteiger partial charge on any atom is 0.280 e. The number of pyridine rings is 1. The number of ether oxygens (including phenoxy) is 1. The fraction of sp³-hybridized carbons (Fsp3) is 0.448. The predicted octanol–water partition coefficient (Wildman–Crippen LogP) is 3.80. The van der Waals surface area contributed by atoms with Gasteiger partial charge in [-0.3, -0.25) is 9.78 Å². The summed E-state index contributed by atoms with van der Waals surface area (Å²) in [5.41, 5.74) is 5.79. The van der Waals surface area contributed by atoms with Gasteiger partial charge in [0, 0.05) is 43.6 Å². The molecule has 1 aromatic carbocycles. The van der Waals surface area contributed by atoms with Crippen LogP contribution in [0.5, 0.6) is 5.88 Å². The van der Waals surface area contributed by atoms with Gasteiger partial charge in [-0.25, -0.2) is 4.68 Å². The molecule has 10 nitrogen and oxygen atoms in total. The molecule has 0 unspecified atom stereocenters. The van der Waals surface area contributed by atoms with Crippen molar-refractivity contribution in [3.8, 4) is 17.1 Å². The predicted molar refractivity (Wildman–Crippen MR) is 152 cm³/mol. The SMILES string of the molecule is Cc1cc2cc(n1)-c1cnn(C)c1OCCC[C@@H](C1CC1)CN1/C(=N/C2=O)Nc2cc(NC3CNC3)ccc21. The monoisotopic (exact) mass is 526 g/mol. The fourth-order valence-corrected chi connectivity index (χ4v) is 5.82. The highest BCUT2D eigenvalue weighted by atomic mass is 16.5. The molecule has 2 aromatic heterocycles. The lowest BCUT2D eigenvalue weighted by Crippen LogP contribution is -2.51. The summed E-state index contributed by atoms with van der Waals surface area (Å²) in [7, 11) is 1.87. The van der Waals surface area contributed by atoms with Gasteiger partial charge in [0.15, 0.2) is 0 Å². The number of carbonyl (C=O) groups excluding carboxylic acids is 1. The van der Waals surface area contributed by atoms with E-state index in [4.69, 9.17) is 9.72 Å². The molecule has 1 aliphatic carbocycles. The van der Waals surface area contributed by atoms with Crippen molar-refractivity contribution in [3.63, 3.8) is 0 Å². The molecular formula is C29H34N8O2. The summed E-state index contributed by atoms with van der Waals surface area (Å²) in [4.78, 5) is 25.2. The van der Waals surface area contributed by atoms with Crippen LogP contribution in [0.15, 0.2) is 41.5 Å². The summed E-state index contributed by atoms with van der Waals surface area (Å²) >= 11 is 0. The normalized spacial score (nSPS) is 22.6. The fourth-order valence-electron chi connectivity index (χ4n) is 5.82. The summed E-state index contributed by atoms with van der Waals surface area (Å²) in [5, 5.41) is 14.8. The average Bonchev–Trinajstić information content (AvgIpc) is 3.60. The van der Waals surface area contributed by atoms with E-state index in [-0.39, 0.29) is 5.91 Å². The van der Waals surface area contributed by atoms with Crippen molar-refractivity contribution in [1.82, 2.24) is 20.1 Å². The molecule has 1 amide bonds. The standard InChI is InChI=1S/C29H34N8O2/c1-17-10-20-11-24(32-17)23-15-31-36(2)28(23)39-9-3-4-19(18-5-6-18)16-37-26-8-7-21(33-22-13-30-14-22)12-25(26)34-29(37)35-27(20)38/h7-8,10-12,15,18-19,22,30,33H,3-6,9,13-14,16H2,1-2H3,(H,34,35,38)/t19-/m1/s1. The number of aromatic nitrogens is 3. The van der Waals surface area contributed by atoms with Gasteiger partial charge in [-0.05, 0) is 74.8 Å². The van der Waals surface area contributed by atoms with Crippen LogP contribution in [0.2, 0.25) is 0 Å². The van der Waals surface area contributed by atoms with E-state index in [1.54, 1.807) is 23.0 Å². The van der Waals surface area contributed by atoms with E-state index in [0.29, 0.717) is 47.6 Å². The number of aliphatic imine (C=N–C) groups is 1. The number of hydrogen-bond acceptors (Lipinski definition) is 8. The van der Waals surface area contributed by atoms with Gasteiger partial charge in [0.2, 0.25) is 11.8 Å². The van der Waals surface area contributed by atoms with E-state index in [9.17, 15) is 4.79 Å². The van der Waals surface area contributed by atoms with Crippen LogP contribution >= 0.6 is 0 Å². The molecule has 3 aliphatic heterocycles. The second-order valence-electron chi connectivity index (χ2n) is 11.2. The summed E-state index contributed by atoms with van der Waals surface area (Å²) in [6.07, 6.45) is 6.25. The lowest BCUT2D eigenvalue weighted by molar-refractivity contribution is 0.100. The van der Waals surface area contributed by atoms with Crippen LogP contribution in [-0.4, -0.2) is 58.9 Å². The summed E-state index contributed by atoms with van der Waals surface area (Å²) in [6.45, 7) is 5.25. The first-order valence-corrected chi connectivity index (χ1v) is 13.9. The van der Waals surface area contributed by atoms with Crippen LogP contribution in [0.1, 0.15) is 41.7 Å². The molecule has 202 valence electrons. The number of hydrogen-bond donors (Lipinski definition) is 3. The highest BCUT2D eigenvalue weighted by Crippen LogP contribution is 2.43. The number of nitrogens with zero attached hydrogens (tertiary/aromatic N) is 5. The highest BCUT2D eigenvalue weighted by molar-refractivity contribution is 6.19. The van der Waals surface area contributed by atoms with Crippen molar-refractivity contribution < 1.29 is 9.53 Å². The third-order valence-corrected chi connectivity index (χ3v) is 8.17. The van der Waals surface area contributed by atoms with Crippen molar-refractivity contribution >= 4 is 28.9 Å². The summed E-state index contributed by atoms with van der Waals surface area (Å²) in [5.74, 6) is 2.15. The number of amides is 1. The lowest BCUT2D eigenvalue weighted by Gasteiger charge is -2.29. The molecule has 7 rings (SSSR count). The first-order chi connectivity index (χ1) is 19.0. The number of nitrogens with one attached hydrogen (secondary N) is 3. The van der Waals surface area contributed by atoms with Crippen molar-refractivity contribution in [1.29, 1.82) is 0 Å². The molecule has 3 N–H and O–H groups in total. The van der Waals surface area contributed by atoms with Crippen LogP contribution in [-0.2, 0) is 7.05 Å². The minimum Gasteiger partial charge on any atom is -0.477 e. The van der Waals surface area contributed by atoms with Crippen LogP contribution < -0.4 is 25.6 Å². The van der Waals surface area contributed by atoms with Crippen LogP contribution in [0.4, 0.5) is 17.1 Å². The molecule has 2 fully saturated rings. The number of guanidine groups is 1. The van der Waals surface area contributed by atoms with Crippen molar-refractivity contribution in [2.45, 2.75) is 38.6 Å². The van der Waals surface area contributed by atoms with Gasteiger partial charge in [0.1, 0.15) is 0 Å². The van der Waals surface area contributed by atoms with Crippen molar-refractivity contribution in [2.24, 2.45) is 23.9 Å². The molecule has 39 heavy (non-hydrogen) atoms. The third-order valence-electron chi connectivity index (χ3n) is 8.17. The van der Waals surface area contributed by atoms with E-state index >= 15 is 0 Å². The van der Waals surface area contributed by atoms with Crippen LogP contribution in [0.3, 0.4) is 0 Å². The topological polar surface area (TPSA) is 109 Å². The second-order valence-corrected chi connectivity index (χ2v) is 11.2. The molecule has 4 aliphatic rings. The molecular weight excluding hydrogens is 492 g/mol. The maximum absolute atomic E-state index is 13.6. The number of carbonyl (C=O) groups is 1. The smallest absolute Gasteiger partial charge is 0.280 e. The van der Waals surface area contributed by atoms with Gasteiger partial charge in [0.05, 0.1) is 41.5 Å². The Morgan fingerprint density at radius 2 is 1.97 bits per heavy atom. The van der Waals surface area contributed by atoms with E-state index in [1.807, 2.05) is 14.0 Å². The number of fused-ring (bicyclic) bond motifs is 7. The number of rotatable bonds is 3. The van der Waals surface area contributed by atoms with Crippen LogP contribution in [0.25, 0.3) is 11.3 Å². The van der Waals surface area contributed by atoms with E-state index in [0.717, 1.165) is 60.8 Å². The lowest BCUT2D eigenvalue weighted by atomic mass is 9.97. The maximum atomic E-state index is 13.6. The Bertz CT molecular complexity index is 1460. The summed E-state index contributed by atoms with van der Waals surface area (Å²) < 4.78 is 7.99. The van der Waals surface area contributed by atoms with Gasteiger partial charge < -0.3 is 25.6 Å². The minimum absolute atomic E-state index is 0.301. The van der Waals surface area contributed by atoms with Gasteiger partial charge in [0.25, 0.3) is 5.91 Å². The molecule has 0 spiro atoms. The van der Waals surface area contributed by atoms with Gasteiger partial charge in [-0.2, -0.15) is 10.1 Å². The number of aryl methyl sites for hydroxylation is 2. The number of anilines is 3. The largest absolute Gasteiger partial charge is 0.477 e. The molecule has 5 heterocycles. The quantitative estimate of drug-likeness (QED) is 0.473. The third kappa shape index (κ3) is 4.73. The molecule has 3 aromatic rings. The van der Waals surface area contributed by atoms with Crippen molar-refractivity contribution in [2.75, 3.05) is 41.8 Å². The summed E-state index contributed by atoms with van der Waals surface area (Å²) in [6, 6.07) is 10.4. The van der Waals surface area contributed by atoms with E-state index < -0.39 is 0 Å². The molecule has 0 radical (unpaired) electrons. The molecule has 1 saturated carbocycles. The van der Waals surface area contributed by atoms with E-state index in [1.165, 1.54) is 12.8 Å². The molecule has 1 saturated heterocycles. The molecule has 1 atom stereocenters. The Morgan fingerprint density at radius 1 is 1.10 bits per heavy atom. The van der Waals surface area contributed by atoms with E-state index in [2.05, 4.69) is 49.1 Å². The Balaban J connectivity index is 1.28. The highest BCUT2D eigenvalue weighted by Gasteiger charge is 2.36. The minimum atomic E-state index is -0.301. The zero-order chi connectivity index (χ0) is 26.5. The van der Waals surface area contributed by atoms with Gasteiger partial charge in [-0.1, -0.05) is 0 Å². The molecule has 10 heteroatoms. The van der Waals surface area contributed by atoms with Crippen LogP contribution in [0, 0.1) is 18.8 Å². The zero-order valence-electron chi connectivity index (χ0n) is 22.4. The Kier molecular flexibility index (Phi) is 5.99. The zero-order valence-corrected chi connectivity index (χ0v) is 22.4. The first kappa shape index (κ1) is 24.1. The average molecular weight is 527 g/mol. The molecule has 2 bridgehead atoms.